The van der Waals surface area contributed by atoms with Crippen LogP contribution in [0.15, 0.2) is 33.9 Å². The number of carbonyl (C=O) groups excluding carboxylic acids is 1. The van der Waals surface area contributed by atoms with Crippen molar-refractivity contribution in [2.45, 2.75) is 13.8 Å². The highest BCUT2D eigenvalue weighted by Gasteiger charge is 2.20. The van der Waals surface area contributed by atoms with Gasteiger partial charge in [0.05, 0.1) is 12.3 Å². The molecule has 0 aliphatic rings. The topological polar surface area (TPSA) is 81.2 Å². The Hall–Kier alpha value is -2.70. The third-order valence-corrected chi connectivity index (χ3v) is 2.85. The minimum absolute atomic E-state index is 0.105. The molecule has 0 aliphatic heterocycles. The van der Waals surface area contributed by atoms with Crippen molar-refractivity contribution >= 4 is 5.97 Å². The van der Waals surface area contributed by atoms with Crippen LogP contribution in [-0.4, -0.2) is 22.1 Å². The van der Waals surface area contributed by atoms with Crippen LogP contribution in [0, 0.1) is 12.7 Å². The summed E-state index contributed by atoms with van der Waals surface area (Å²) in [5, 5.41) is 0. The van der Waals surface area contributed by atoms with Crippen LogP contribution < -0.4 is 11.2 Å². The van der Waals surface area contributed by atoms with Crippen molar-refractivity contribution in [1.29, 1.82) is 0 Å². The summed E-state index contributed by atoms with van der Waals surface area (Å²) in [5.41, 5.74) is -1.48. The molecule has 7 heteroatoms. The number of nitrogens with zero attached hydrogens (tertiary/aromatic N) is 1. The van der Waals surface area contributed by atoms with E-state index in [9.17, 15) is 18.8 Å². The van der Waals surface area contributed by atoms with Crippen molar-refractivity contribution < 1.29 is 13.9 Å². The van der Waals surface area contributed by atoms with Gasteiger partial charge in [0.1, 0.15) is 11.4 Å². The minimum Gasteiger partial charge on any atom is -0.462 e. The Labute approximate surface area is 118 Å². The third kappa shape index (κ3) is 2.76. The van der Waals surface area contributed by atoms with Crippen LogP contribution in [0.4, 0.5) is 4.39 Å². The summed E-state index contributed by atoms with van der Waals surface area (Å²) < 4.78 is 18.5. The highest BCUT2D eigenvalue weighted by atomic mass is 19.1. The van der Waals surface area contributed by atoms with Crippen molar-refractivity contribution in [1.82, 2.24) is 9.55 Å². The molecule has 21 heavy (non-hydrogen) atoms. The van der Waals surface area contributed by atoms with E-state index in [1.54, 1.807) is 6.92 Å². The fourth-order valence-electron chi connectivity index (χ4n) is 1.91. The summed E-state index contributed by atoms with van der Waals surface area (Å²) >= 11 is 0. The second-order valence-electron chi connectivity index (χ2n) is 4.27. The van der Waals surface area contributed by atoms with Crippen molar-refractivity contribution in [2.75, 3.05) is 6.61 Å². The normalized spacial score (nSPS) is 10.4. The van der Waals surface area contributed by atoms with E-state index in [1.807, 2.05) is 0 Å². The quantitative estimate of drug-likeness (QED) is 0.860. The van der Waals surface area contributed by atoms with Gasteiger partial charge >= 0.3 is 11.7 Å². The molecule has 0 atom stereocenters. The SMILES string of the molecule is CCOC(=O)c1c(C)[nH]c(=O)n(-c2ccc(F)cc2)c1=O. The molecule has 0 fully saturated rings. The lowest BCUT2D eigenvalue weighted by molar-refractivity contribution is 0.0522. The van der Waals surface area contributed by atoms with E-state index in [0.29, 0.717) is 0 Å². The van der Waals surface area contributed by atoms with E-state index in [4.69, 9.17) is 4.74 Å². The summed E-state index contributed by atoms with van der Waals surface area (Å²) in [5.74, 6) is -1.31. The van der Waals surface area contributed by atoms with Gasteiger partial charge in [0.2, 0.25) is 0 Å². The largest absolute Gasteiger partial charge is 0.462 e. The van der Waals surface area contributed by atoms with Gasteiger partial charge in [-0.2, -0.15) is 0 Å². The van der Waals surface area contributed by atoms with E-state index in [0.717, 1.165) is 16.7 Å². The second kappa shape index (κ2) is 5.74. The molecule has 1 heterocycles. The molecule has 0 spiro atoms. The maximum atomic E-state index is 12.9. The number of halogens is 1. The lowest BCUT2D eigenvalue weighted by Gasteiger charge is -2.09. The van der Waals surface area contributed by atoms with Crippen molar-refractivity contribution in [2.24, 2.45) is 0 Å². The number of aromatic nitrogens is 2. The number of aryl methyl sites for hydroxylation is 1. The highest BCUT2D eigenvalue weighted by Crippen LogP contribution is 2.06. The first-order chi connectivity index (χ1) is 9.95. The van der Waals surface area contributed by atoms with Crippen molar-refractivity contribution in [3.05, 3.63) is 62.2 Å². The molecule has 110 valence electrons. The lowest BCUT2D eigenvalue weighted by atomic mass is 10.2. The predicted molar refractivity (Wildman–Crippen MR) is 73.3 cm³/mol. The van der Waals surface area contributed by atoms with Crippen molar-refractivity contribution in [3.8, 4) is 5.69 Å². The molecule has 0 aliphatic carbocycles. The number of hydrogen-bond donors (Lipinski definition) is 1. The van der Waals surface area contributed by atoms with Gasteiger partial charge < -0.3 is 9.72 Å². The molecule has 2 rings (SSSR count). The smallest absolute Gasteiger partial charge is 0.345 e. The Morgan fingerprint density at radius 2 is 1.90 bits per heavy atom. The molecule has 0 saturated carbocycles. The average molecular weight is 292 g/mol. The predicted octanol–water partition coefficient (Wildman–Crippen LogP) is 1.15. The van der Waals surface area contributed by atoms with Crippen LogP contribution in [0.5, 0.6) is 0 Å². The standard InChI is InChI=1S/C14H13FN2O4/c1-3-21-13(19)11-8(2)16-14(20)17(12(11)18)10-6-4-9(15)5-7-10/h4-7H,3H2,1-2H3,(H,16,20). The van der Waals surface area contributed by atoms with Gasteiger partial charge in [-0.3, -0.25) is 4.79 Å². The Morgan fingerprint density at radius 1 is 1.29 bits per heavy atom. The second-order valence-corrected chi connectivity index (χ2v) is 4.27. The Kier molecular flexibility index (Phi) is 4.02. The average Bonchev–Trinajstić information content (AvgIpc) is 2.40. The first-order valence-electron chi connectivity index (χ1n) is 6.24. The zero-order chi connectivity index (χ0) is 15.6. The van der Waals surface area contributed by atoms with E-state index in [-0.39, 0.29) is 23.6 Å². The molecular weight excluding hydrogens is 279 g/mol. The van der Waals surface area contributed by atoms with Gasteiger partial charge in [-0.05, 0) is 38.1 Å². The van der Waals surface area contributed by atoms with Crippen LogP contribution >= 0.6 is 0 Å². The van der Waals surface area contributed by atoms with Gasteiger partial charge in [0, 0.05) is 5.69 Å². The number of ether oxygens (including phenoxy) is 1. The number of benzene rings is 1. The molecule has 1 aromatic heterocycles. The molecule has 0 bridgehead atoms. The summed E-state index contributed by atoms with van der Waals surface area (Å²) in [6, 6.07) is 4.78. The van der Waals surface area contributed by atoms with Crippen LogP contribution in [0.25, 0.3) is 5.69 Å². The van der Waals surface area contributed by atoms with Gasteiger partial charge in [0.25, 0.3) is 5.56 Å². The van der Waals surface area contributed by atoms with E-state index >= 15 is 0 Å². The van der Waals surface area contributed by atoms with Gasteiger partial charge in [-0.1, -0.05) is 0 Å². The van der Waals surface area contributed by atoms with Crippen LogP contribution in [-0.2, 0) is 4.74 Å². The van der Waals surface area contributed by atoms with Gasteiger partial charge in [0.15, 0.2) is 0 Å². The number of hydrogen-bond acceptors (Lipinski definition) is 4. The molecular formula is C14H13FN2O4. The van der Waals surface area contributed by atoms with E-state index in [1.165, 1.54) is 19.1 Å². The lowest BCUT2D eigenvalue weighted by Crippen LogP contribution is -2.38. The summed E-state index contributed by atoms with van der Waals surface area (Å²) in [4.78, 5) is 38.5. The van der Waals surface area contributed by atoms with Crippen LogP contribution in [0.3, 0.4) is 0 Å². The zero-order valence-corrected chi connectivity index (χ0v) is 11.5. The number of esters is 1. The summed E-state index contributed by atoms with van der Waals surface area (Å²) in [6.07, 6.45) is 0. The van der Waals surface area contributed by atoms with E-state index < -0.39 is 23.0 Å². The van der Waals surface area contributed by atoms with Crippen molar-refractivity contribution in [3.63, 3.8) is 0 Å². The number of carbonyl (C=O) groups is 1. The fraction of sp³-hybridized carbons (Fsp3) is 0.214. The van der Waals surface area contributed by atoms with Crippen LogP contribution in [0.1, 0.15) is 23.0 Å². The molecule has 0 unspecified atom stereocenters. The molecule has 0 amide bonds. The monoisotopic (exact) mass is 292 g/mol. The molecule has 1 N–H and O–H groups in total. The Balaban J connectivity index is 2.70. The van der Waals surface area contributed by atoms with E-state index in [2.05, 4.69) is 4.98 Å². The molecule has 0 radical (unpaired) electrons. The third-order valence-electron chi connectivity index (χ3n) is 2.85. The minimum atomic E-state index is -0.813. The number of H-pyrrole nitrogens is 1. The van der Waals surface area contributed by atoms with Crippen LogP contribution in [0.2, 0.25) is 0 Å². The van der Waals surface area contributed by atoms with Gasteiger partial charge in [-0.25, -0.2) is 18.5 Å². The number of nitrogens with one attached hydrogen (secondary N) is 1. The summed E-state index contributed by atoms with van der Waals surface area (Å²) in [6.45, 7) is 3.15. The Bertz CT molecular complexity index is 790. The van der Waals surface area contributed by atoms with Gasteiger partial charge in [-0.15, -0.1) is 0 Å². The fourth-order valence-corrected chi connectivity index (χ4v) is 1.91. The molecule has 6 nitrogen and oxygen atoms in total. The highest BCUT2D eigenvalue weighted by molar-refractivity contribution is 5.90. The summed E-state index contributed by atoms with van der Waals surface area (Å²) in [7, 11) is 0. The molecule has 1 aromatic carbocycles. The maximum absolute atomic E-state index is 12.9. The molecule has 0 saturated heterocycles. The maximum Gasteiger partial charge on any atom is 0.345 e. The first-order valence-corrected chi connectivity index (χ1v) is 6.24. The Morgan fingerprint density at radius 3 is 2.48 bits per heavy atom. The number of rotatable bonds is 3. The number of aromatic amines is 1. The zero-order valence-electron chi connectivity index (χ0n) is 11.5. The first kappa shape index (κ1) is 14.7. The molecule has 2 aromatic rings.